The molecule has 1 aliphatic carbocycles. The fourth-order valence-electron chi connectivity index (χ4n) is 4.63. The summed E-state index contributed by atoms with van der Waals surface area (Å²) in [5.74, 6) is 2.15. The van der Waals surface area contributed by atoms with Crippen molar-refractivity contribution < 1.29 is 45.9 Å². The fraction of sp³-hybridized carbons (Fsp3) is 0.625. The quantitative estimate of drug-likeness (QED) is 0.288. The molecule has 5 rings (SSSR count). The number of nitrogens with zero attached hydrogens (tertiary/aromatic N) is 1. The predicted octanol–water partition coefficient (Wildman–Crippen LogP) is -2.62. The van der Waals surface area contributed by atoms with Crippen LogP contribution in [0, 0.1) is 0 Å². The molecule has 0 radical (unpaired) electrons. The monoisotopic (exact) mass is 432 g/mol. The second kappa shape index (κ2) is 4.87. The van der Waals surface area contributed by atoms with Crippen LogP contribution in [0.4, 0.5) is 0 Å². The van der Waals surface area contributed by atoms with E-state index < -0.39 is 12.2 Å². The summed E-state index contributed by atoms with van der Waals surface area (Å²) in [5.41, 5.74) is 1.99. The molecule has 0 aromatic heterocycles. The van der Waals surface area contributed by atoms with Crippen LogP contribution in [0.3, 0.4) is 0 Å². The van der Waals surface area contributed by atoms with Crippen molar-refractivity contribution >= 4 is 0 Å². The number of benzene rings is 1. The van der Waals surface area contributed by atoms with Gasteiger partial charge in [-0.15, -0.1) is 0 Å². The summed E-state index contributed by atoms with van der Waals surface area (Å²) in [4.78, 5) is 0. The second-order valence-electron chi connectivity index (χ2n) is 6.68. The van der Waals surface area contributed by atoms with E-state index in [0.717, 1.165) is 34.3 Å². The Hall–Kier alpha value is -0.770. The average molecular weight is 432 g/mol. The number of ether oxygens (including phenoxy) is 3. The molecule has 7 heteroatoms. The van der Waals surface area contributed by atoms with E-state index in [1.54, 1.807) is 7.11 Å². The Kier molecular flexibility index (Phi) is 3.08. The molecule has 0 amide bonds. The molecular weight excluding hydrogens is 413 g/mol. The third-order valence-electron chi connectivity index (χ3n) is 5.69. The number of rotatable bonds is 1. The van der Waals surface area contributed by atoms with E-state index in [-0.39, 0.29) is 39.7 Å². The number of methoxy groups -OCH3 is 1. The van der Waals surface area contributed by atoms with Gasteiger partial charge in [0.25, 0.3) is 0 Å². The van der Waals surface area contributed by atoms with Crippen LogP contribution in [0.2, 0.25) is 0 Å². The summed E-state index contributed by atoms with van der Waals surface area (Å²) in [6, 6.07) is 2.28. The minimum absolute atomic E-state index is 0.158. The predicted molar refractivity (Wildman–Crippen MR) is 76.2 cm³/mol. The van der Waals surface area contributed by atoms with Crippen molar-refractivity contribution in [2.24, 2.45) is 0 Å². The Labute approximate surface area is 144 Å². The van der Waals surface area contributed by atoms with E-state index in [0.29, 0.717) is 17.9 Å². The van der Waals surface area contributed by atoms with E-state index >= 15 is 0 Å². The zero-order valence-electron chi connectivity index (χ0n) is 12.8. The van der Waals surface area contributed by atoms with Gasteiger partial charge in [0.2, 0.25) is 0 Å². The normalized spacial score (nSPS) is 40.1. The van der Waals surface area contributed by atoms with E-state index in [2.05, 4.69) is 9.18 Å². The maximum atomic E-state index is 10.9. The van der Waals surface area contributed by atoms with Crippen molar-refractivity contribution in [1.82, 2.24) is 3.11 Å². The zero-order valence-corrected chi connectivity index (χ0v) is 14.9. The van der Waals surface area contributed by atoms with Gasteiger partial charge in [0.05, 0.1) is 0 Å². The van der Waals surface area contributed by atoms with Gasteiger partial charge in [0, 0.05) is 0 Å². The van der Waals surface area contributed by atoms with Crippen molar-refractivity contribution in [3.8, 4) is 17.2 Å². The Bertz CT molecular complexity index is 683. The maximum absolute atomic E-state index is 10.9. The van der Waals surface area contributed by atoms with Gasteiger partial charge in [0.15, 0.2) is 0 Å². The van der Waals surface area contributed by atoms with Gasteiger partial charge in [-0.25, -0.2) is 0 Å². The molecule has 4 aliphatic rings. The van der Waals surface area contributed by atoms with Crippen LogP contribution >= 0.6 is 0 Å². The van der Waals surface area contributed by atoms with E-state index in [1.807, 2.05) is 0 Å². The Balaban J connectivity index is 1.75. The van der Waals surface area contributed by atoms with Gasteiger partial charge in [-0.1, -0.05) is 0 Å². The van der Waals surface area contributed by atoms with Crippen molar-refractivity contribution in [3.05, 3.63) is 17.2 Å². The molecule has 23 heavy (non-hydrogen) atoms. The Morgan fingerprint density at radius 2 is 2.22 bits per heavy atom. The van der Waals surface area contributed by atoms with Crippen molar-refractivity contribution in [1.29, 1.82) is 0 Å². The molecule has 126 valence electrons. The van der Waals surface area contributed by atoms with Gasteiger partial charge < -0.3 is 0 Å². The summed E-state index contributed by atoms with van der Waals surface area (Å²) in [5, 5.41) is 21.1. The van der Waals surface area contributed by atoms with Crippen molar-refractivity contribution in [3.63, 3.8) is 0 Å². The molecule has 5 atom stereocenters. The topological polar surface area (TPSA) is 71.4 Å². The third kappa shape index (κ3) is 1.74. The molecule has 1 saturated carbocycles. The first kappa shape index (κ1) is 14.6. The number of alkyl halides is 1. The molecule has 2 N–H and O–H groups in total. The minimum atomic E-state index is -0.523. The number of fused-ring (bicyclic) bond motifs is 2. The first-order valence-corrected chi connectivity index (χ1v) is 10.4. The molecule has 0 spiro atoms. The van der Waals surface area contributed by atoms with Gasteiger partial charge >= 0.3 is 145 Å². The number of hydrogen-bond donors (Lipinski definition) is 2. The summed E-state index contributed by atoms with van der Waals surface area (Å²) >= 11 is -0.158. The SMILES string of the molecule is COc1c2c(cc3c1OCO3)[C@@]13C[I-]N(C2)[C@@H]1C[C@@H](O)C[C@H]3O. The molecule has 2 bridgehead atoms. The fourth-order valence-corrected chi connectivity index (χ4v) is 8.84. The molecule has 1 aromatic rings. The van der Waals surface area contributed by atoms with E-state index in [1.165, 1.54) is 0 Å². The van der Waals surface area contributed by atoms with Crippen LogP contribution in [0.15, 0.2) is 6.07 Å². The van der Waals surface area contributed by atoms with Crippen LogP contribution < -0.4 is 35.7 Å². The van der Waals surface area contributed by atoms with Gasteiger partial charge in [-0.2, -0.15) is 0 Å². The summed E-state index contributed by atoms with van der Waals surface area (Å²) in [6.45, 7) is 1.03. The summed E-state index contributed by atoms with van der Waals surface area (Å²) in [6.07, 6.45) is 0.257. The number of aliphatic hydroxyl groups is 2. The molecule has 2 fully saturated rings. The van der Waals surface area contributed by atoms with Crippen LogP contribution in [-0.2, 0) is 12.0 Å². The zero-order chi connectivity index (χ0) is 15.8. The van der Waals surface area contributed by atoms with E-state index in [4.69, 9.17) is 14.2 Å². The van der Waals surface area contributed by atoms with Crippen molar-refractivity contribution in [2.45, 2.75) is 43.1 Å². The average Bonchev–Trinajstić information content (AvgIpc) is 3.08. The van der Waals surface area contributed by atoms with Gasteiger partial charge in [0.1, 0.15) is 0 Å². The number of halogens is 1. The van der Waals surface area contributed by atoms with Crippen LogP contribution in [0.5, 0.6) is 17.2 Å². The second-order valence-corrected chi connectivity index (χ2v) is 9.36. The molecule has 3 aliphatic heterocycles. The van der Waals surface area contributed by atoms with Gasteiger partial charge in [-0.05, 0) is 0 Å². The van der Waals surface area contributed by atoms with E-state index in [9.17, 15) is 10.2 Å². The van der Waals surface area contributed by atoms with Gasteiger partial charge in [-0.3, -0.25) is 0 Å². The number of aliphatic hydroxyl groups excluding tert-OH is 2. The van der Waals surface area contributed by atoms with Crippen LogP contribution in [0.1, 0.15) is 24.0 Å². The molecule has 1 aromatic carbocycles. The molecule has 1 saturated heterocycles. The third-order valence-corrected chi connectivity index (χ3v) is 9.18. The Morgan fingerprint density at radius 3 is 3.04 bits per heavy atom. The molecule has 6 nitrogen and oxygen atoms in total. The van der Waals surface area contributed by atoms with Crippen LogP contribution in [0.25, 0.3) is 0 Å². The van der Waals surface area contributed by atoms with Crippen LogP contribution in [-0.4, -0.2) is 49.9 Å². The summed E-state index contributed by atoms with van der Waals surface area (Å²) in [7, 11) is 1.66. The molecular formula is C16H19INO5-. The molecule has 3 heterocycles. The standard InChI is InChI=1S/C16H19INO5/c1-21-14-9-5-18-12-2-8(19)3-13(20)16(12,6-17-18)10(9)4-11-15(14)23-7-22-11/h4,8,12-13,19-20H,2-3,5-7H2,1H3/q-1/t8-,12-,13-,16+/m1/s1. The van der Waals surface area contributed by atoms with Crippen molar-refractivity contribution in [2.75, 3.05) is 18.3 Å². The Morgan fingerprint density at radius 1 is 1.35 bits per heavy atom. The summed E-state index contributed by atoms with van der Waals surface area (Å²) < 4.78 is 20.4. The molecule has 1 unspecified atom stereocenters. The first-order chi connectivity index (χ1) is 11.1. The number of hydrogen-bond acceptors (Lipinski definition) is 6. The first-order valence-electron chi connectivity index (χ1n) is 7.87.